The quantitative estimate of drug-likeness (QED) is 0.808. The summed E-state index contributed by atoms with van der Waals surface area (Å²) in [5.74, 6) is -2.41. The Morgan fingerprint density at radius 1 is 1.29 bits per heavy atom. The Morgan fingerprint density at radius 3 is 2.54 bits per heavy atom. The summed E-state index contributed by atoms with van der Waals surface area (Å²) in [5, 5.41) is 15.4. The van der Waals surface area contributed by atoms with Crippen molar-refractivity contribution < 1.29 is 27.9 Å². The van der Waals surface area contributed by atoms with Crippen LogP contribution in [0.4, 0.5) is 13.2 Å². The van der Waals surface area contributed by atoms with E-state index in [2.05, 4.69) is 10.4 Å². The fourth-order valence-electron chi connectivity index (χ4n) is 2.80. The second kappa shape index (κ2) is 7.10. The van der Waals surface area contributed by atoms with E-state index < -0.39 is 40.8 Å². The van der Waals surface area contributed by atoms with Gasteiger partial charge in [-0.25, -0.2) is 9.48 Å². The molecule has 10 heteroatoms. The highest BCUT2D eigenvalue weighted by molar-refractivity contribution is 5.95. The van der Waals surface area contributed by atoms with Crippen LogP contribution >= 0.6 is 0 Å². The number of carbonyl (C=O) groups excluding carboxylic acids is 1. The number of benzene rings is 1. The van der Waals surface area contributed by atoms with Gasteiger partial charge in [0.15, 0.2) is 5.69 Å². The van der Waals surface area contributed by atoms with E-state index in [0.717, 1.165) is 22.9 Å². The van der Waals surface area contributed by atoms with Crippen LogP contribution in [0.5, 0.6) is 0 Å². The van der Waals surface area contributed by atoms with Crippen LogP contribution in [0.25, 0.3) is 5.69 Å². The molecule has 0 aliphatic heterocycles. The molecule has 1 amide bonds. The van der Waals surface area contributed by atoms with Gasteiger partial charge < -0.3 is 10.4 Å². The molecule has 2 N–H and O–H groups in total. The number of aromatic nitrogens is 2. The molecule has 1 heterocycles. The topological polar surface area (TPSA) is 101 Å². The summed E-state index contributed by atoms with van der Waals surface area (Å²) >= 11 is 0. The summed E-state index contributed by atoms with van der Waals surface area (Å²) in [5.41, 5.74) is -2.01. The maximum absolute atomic E-state index is 13.0. The lowest BCUT2D eigenvalue weighted by molar-refractivity contribution is -0.140. The molecule has 0 radical (unpaired) electrons. The van der Waals surface area contributed by atoms with Crippen LogP contribution < -0.4 is 10.7 Å². The predicted molar refractivity (Wildman–Crippen MR) is 91.2 cm³/mol. The molecular weight excluding hydrogens is 379 g/mol. The Labute approximate surface area is 156 Å². The molecule has 1 aliphatic rings. The van der Waals surface area contributed by atoms with Crippen molar-refractivity contribution in [2.75, 3.05) is 0 Å². The molecule has 7 nitrogen and oxygen atoms in total. The summed E-state index contributed by atoms with van der Waals surface area (Å²) in [6.07, 6.45) is -3.28. The number of carboxylic acids is 1. The number of amides is 1. The zero-order valence-corrected chi connectivity index (χ0v) is 14.7. The third kappa shape index (κ3) is 4.05. The first kappa shape index (κ1) is 19.6. The Hall–Kier alpha value is -3.17. The second-order valence-corrected chi connectivity index (χ2v) is 6.59. The summed E-state index contributed by atoms with van der Waals surface area (Å²) in [4.78, 5) is 35.8. The van der Waals surface area contributed by atoms with E-state index in [9.17, 15) is 32.7 Å². The standard InChI is InChI=1S/C18H16F3N3O4/c1-9-7-13(25)15(16(26)22-14(17(27)28)10-5-6-10)23-24(9)12-4-2-3-11(8-12)18(19,20)21/h2-4,7-8,10,14H,5-6H2,1H3,(H,22,26)(H,27,28). The van der Waals surface area contributed by atoms with Crippen molar-refractivity contribution in [3.05, 3.63) is 57.5 Å². The van der Waals surface area contributed by atoms with Crippen molar-refractivity contribution in [2.24, 2.45) is 5.92 Å². The van der Waals surface area contributed by atoms with E-state index in [-0.39, 0.29) is 17.3 Å². The zero-order chi connectivity index (χ0) is 20.6. The average Bonchev–Trinajstić information content (AvgIpc) is 3.43. The summed E-state index contributed by atoms with van der Waals surface area (Å²) < 4.78 is 39.9. The van der Waals surface area contributed by atoms with E-state index in [4.69, 9.17) is 0 Å². The lowest BCUT2D eigenvalue weighted by atomic mass is 10.1. The number of halogens is 3. The van der Waals surface area contributed by atoms with Gasteiger partial charge in [-0.15, -0.1) is 0 Å². The minimum atomic E-state index is -4.57. The molecule has 1 aromatic carbocycles. The highest BCUT2D eigenvalue weighted by atomic mass is 19.4. The smallest absolute Gasteiger partial charge is 0.416 e. The fraction of sp³-hybridized carbons (Fsp3) is 0.333. The van der Waals surface area contributed by atoms with Gasteiger partial charge in [-0.05, 0) is 43.9 Å². The largest absolute Gasteiger partial charge is 0.480 e. The van der Waals surface area contributed by atoms with Crippen molar-refractivity contribution in [1.29, 1.82) is 0 Å². The van der Waals surface area contributed by atoms with Gasteiger partial charge >= 0.3 is 12.1 Å². The van der Waals surface area contributed by atoms with Gasteiger partial charge in [0, 0.05) is 11.8 Å². The highest BCUT2D eigenvalue weighted by Gasteiger charge is 2.38. The molecule has 1 saturated carbocycles. The Kier molecular flexibility index (Phi) is 4.97. The van der Waals surface area contributed by atoms with Crippen molar-refractivity contribution in [1.82, 2.24) is 15.1 Å². The number of nitrogens with one attached hydrogen (secondary N) is 1. The molecule has 1 unspecified atom stereocenters. The third-order valence-electron chi connectivity index (χ3n) is 4.39. The number of hydrogen-bond acceptors (Lipinski definition) is 4. The van der Waals surface area contributed by atoms with E-state index >= 15 is 0 Å². The molecule has 0 spiro atoms. The van der Waals surface area contributed by atoms with Gasteiger partial charge in [-0.3, -0.25) is 9.59 Å². The van der Waals surface area contributed by atoms with Gasteiger partial charge in [0.1, 0.15) is 6.04 Å². The van der Waals surface area contributed by atoms with Gasteiger partial charge in [0.25, 0.3) is 5.91 Å². The zero-order valence-electron chi connectivity index (χ0n) is 14.7. The molecule has 1 aromatic heterocycles. The van der Waals surface area contributed by atoms with Crippen molar-refractivity contribution in [2.45, 2.75) is 32.0 Å². The van der Waals surface area contributed by atoms with Gasteiger partial charge in [-0.2, -0.15) is 18.3 Å². The summed E-state index contributed by atoms with van der Waals surface area (Å²) in [6.45, 7) is 1.46. The molecule has 1 fully saturated rings. The molecule has 3 rings (SSSR count). The molecule has 28 heavy (non-hydrogen) atoms. The predicted octanol–water partition coefficient (Wildman–Crippen LogP) is 2.15. The van der Waals surface area contributed by atoms with Crippen molar-refractivity contribution in [3.63, 3.8) is 0 Å². The molecule has 0 bridgehead atoms. The molecular formula is C18H16F3N3O4. The van der Waals surface area contributed by atoms with Crippen LogP contribution in [0.3, 0.4) is 0 Å². The maximum Gasteiger partial charge on any atom is 0.416 e. The first-order valence-electron chi connectivity index (χ1n) is 8.40. The van der Waals surface area contributed by atoms with E-state index in [1.165, 1.54) is 19.1 Å². The lowest BCUT2D eigenvalue weighted by Gasteiger charge is -2.15. The second-order valence-electron chi connectivity index (χ2n) is 6.59. The Morgan fingerprint density at radius 2 is 1.96 bits per heavy atom. The first-order chi connectivity index (χ1) is 13.1. The molecule has 0 saturated heterocycles. The van der Waals surface area contributed by atoms with Crippen molar-refractivity contribution >= 4 is 11.9 Å². The van der Waals surface area contributed by atoms with Crippen LogP contribution in [0.15, 0.2) is 35.1 Å². The van der Waals surface area contributed by atoms with E-state index in [1.54, 1.807) is 0 Å². The average molecular weight is 395 g/mol. The van der Waals surface area contributed by atoms with Gasteiger partial charge in [-0.1, -0.05) is 6.07 Å². The lowest BCUT2D eigenvalue weighted by Crippen LogP contribution is -2.44. The number of alkyl halides is 3. The van der Waals surface area contributed by atoms with E-state index in [0.29, 0.717) is 12.8 Å². The maximum atomic E-state index is 13.0. The number of carbonyl (C=O) groups is 2. The Bertz CT molecular complexity index is 996. The molecule has 2 aromatic rings. The monoisotopic (exact) mass is 395 g/mol. The number of carboxylic acid groups (broad SMARTS) is 1. The molecule has 148 valence electrons. The minimum absolute atomic E-state index is 0.0124. The third-order valence-corrected chi connectivity index (χ3v) is 4.39. The number of hydrogen-bond donors (Lipinski definition) is 2. The van der Waals surface area contributed by atoms with Crippen LogP contribution in [-0.4, -0.2) is 32.8 Å². The van der Waals surface area contributed by atoms with Crippen LogP contribution in [-0.2, 0) is 11.0 Å². The molecule has 1 atom stereocenters. The van der Waals surface area contributed by atoms with Gasteiger partial charge in [0.2, 0.25) is 5.43 Å². The minimum Gasteiger partial charge on any atom is -0.480 e. The first-order valence-corrected chi connectivity index (χ1v) is 8.40. The fourth-order valence-corrected chi connectivity index (χ4v) is 2.80. The summed E-state index contributed by atoms with van der Waals surface area (Å²) in [6, 6.07) is 4.20. The molecule has 1 aliphatic carbocycles. The van der Waals surface area contributed by atoms with Gasteiger partial charge in [0.05, 0.1) is 11.3 Å². The number of aliphatic carboxylic acids is 1. The van der Waals surface area contributed by atoms with Crippen LogP contribution in [0.1, 0.15) is 34.6 Å². The van der Waals surface area contributed by atoms with Crippen LogP contribution in [0.2, 0.25) is 0 Å². The number of aryl methyl sites for hydroxylation is 1. The normalized spacial score (nSPS) is 15.1. The Balaban J connectivity index is 1.98. The summed E-state index contributed by atoms with van der Waals surface area (Å²) in [7, 11) is 0. The SMILES string of the molecule is Cc1cc(=O)c(C(=O)NC(C(=O)O)C2CC2)nn1-c1cccc(C(F)(F)F)c1. The number of rotatable bonds is 5. The highest BCUT2D eigenvalue weighted by Crippen LogP contribution is 2.33. The van der Waals surface area contributed by atoms with Crippen LogP contribution in [0, 0.1) is 12.8 Å². The van der Waals surface area contributed by atoms with E-state index in [1.807, 2.05) is 0 Å². The van der Waals surface area contributed by atoms with Crippen molar-refractivity contribution in [3.8, 4) is 5.69 Å². The number of nitrogens with zero attached hydrogens (tertiary/aromatic N) is 2.